The number of hydrogen-bond donors (Lipinski definition) is 1. The molecule has 0 aliphatic rings. The van der Waals surface area contributed by atoms with Crippen LogP contribution in [-0.4, -0.2) is 10.5 Å². The number of aromatic nitrogens is 1. The van der Waals surface area contributed by atoms with E-state index in [1.807, 2.05) is 24.4 Å². The summed E-state index contributed by atoms with van der Waals surface area (Å²) in [6, 6.07) is 5.63. The van der Waals surface area contributed by atoms with Crippen LogP contribution in [0.4, 0.5) is 0 Å². The van der Waals surface area contributed by atoms with Gasteiger partial charge in [-0.25, -0.2) is 0 Å². The molecule has 0 spiro atoms. The molecule has 0 atom stereocenters. The van der Waals surface area contributed by atoms with Gasteiger partial charge < -0.3 is 14.5 Å². The molecule has 102 valence electrons. The van der Waals surface area contributed by atoms with Crippen molar-refractivity contribution in [2.75, 3.05) is 0 Å². The van der Waals surface area contributed by atoms with E-state index in [1.54, 1.807) is 12.5 Å². The normalized spacial score (nSPS) is 11.5. The van der Waals surface area contributed by atoms with Crippen LogP contribution in [0.25, 0.3) is 0 Å². The molecule has 2 aromatic rings. The van der Waals surface area contributed by atoms with Gasteiger partial charge in [-0.3, -0.25) is 4.98 Å². The van der Waals surface area contributed by atoms with E-state index < -0.39 is 0 Å². The first-order chi connectivity index (χ1) is 9.04. The minimum atomic E-state index is 0.0636. The number of rotatable bonds is 5. The summed E-state index contributed by atoms with van der Waals surface area (Å²) in [5.74, 6) is 1.65. The molecule has 0 aromatic carbocycles. The fraction of sp³-hybridized carbons (Fsp3) is 0.400. The van der Waals surface area contributed by atoms with Crippen LogP contribution in [0.3, 0.4) is 0 Å². The fourth-order valence-corrected chi connectivity index (χ4v) is 1.59. The standard InChI is InChI=1S/C15H20N2O2/c1-15(2,3)17-10-12-9-16-7-6-14(12)19-11-13-5-4-8-18-13/h4-9,17H,10-11H2,1-3H3. The molecular weight excluding hydrogens is 240 g/mol. The van der Waals surface area contributed by atoms with Gasteiger partial charge in [0.25, 0.3) is 0 Å². The second-order valence-corrected chi connectivity index (χ2v) is 5.45. The summed E-state index contributed by atoms with van der Waals surface area (Å²) < 4.78 is 11.0. The van der Waals surface area contributed by atoms with Crippen LogP contribution in [0.5, 0.6) is 5.75 Å². The van der Waals surface area contributed by atoms with Crippen molar-refractivity contribution in [2.45, 2.75) is 39.5 Å². The van der Waals surface area contributed by atoms with Crippen molar-refractivity contribution in [3.05, 3.63) is 48.2 Å². The smallest absolute Gasteiger partial charge is 0.146 e. The van der Waals surface area contributed by atoms with E-state index in [2.05, 4.69) is 31.1 Å². The van der Waals surface area contributed by atoms with E-state index in [0.717, 1.165) is 23.6 Å². The summed E-state index contributed by atoms with van der Waals surface area (Å²) in [7, 11) is 0. The summed E-state index contributed by atoms with van der Waals surface area (Å²) in [6.07, 6.45) is 5.21. The van der Waals surface area contributed by atoms with Crippen molar-refractivity contribution in [3.8, 4) is 5.75 Å². The average Bonchev–Trinajstić information content (AvgIpc) is 2.87. The van der Waals surface area contributed by atoms with E-state index in [9.17, 15) is 0 Å². The predicted molar refractivity (Wildman–Crippen MR) is 73.9 cm³/mol. The molecule has 0 amide bonds. The first-order valence-electron chi connectivity index (χ1n) is 6.38. The highest BCUT2D eigenvalue weighted by Gasteiger charge is 2.11. The Labute approximate surface area is 113 Å². The lowest BCUT2D eigenvalue weighted by atomic mass is 10.1. The van der Waals surface area contributed by atoms with Gasteiger partial charge in [-0.15, -0.1) is 0 Å². The third-order valence-electron chi connectivity index (χ3n) is 2.62. The number of nitrogens with one attached hydrogen (secondary N) is 1. The first kappa shape index (κ1) is 13.6. The molecule has 1 N–H and O–H groups in total. The second-order valence-electron chi connectivity index (χ2n) is 5.45. The minimum Gasteiger partial charge on any atom is -0.485 e. The van der Waals surface area contributed by atoms with Gasteiger partial charge in [0.15, 0.2) is 0 Å². The number of hydrogen-bond acceptors (Lipinski definition) is 4. The zero-order chi connectivity index (χ0) is 13.7. The monoisotopic (exact) mass is 260 g/mol. The van der Waals surface area contributed by atoms with Crippen LogP contribution in [0.15, 0.2) is 41.3 Å². The van der Waals surface area contributed by atoms with Crippen LogP contribution >= 0.6 is 0 Å². The Morgan fingerprint density at radius 2 is 2.16 bits per heavy atom. The van der Waals surface area contributed by atoms with E-state index >= 15 is 0 Å². The van der Waals surface area contributed by atoms with Gasteiger partial charge in [0.2, 0.25) is 0 Å². The Morgan fingerprint density at radius 3 is 2.84 bits per heavy atom. The van der Waals surface area contributed by atoms with Crippen LogP contribution in [-0.2, 0) is 13.2 Å². The number of nitrogens with zero attached hydrogens (tertiary/aromatic N) is 1. The van der Waals surface area contributed by atoms with Crippen LogP contribution in [0.1, 0.15) is 32.1 Å². The Balaban J connectivity index is 1.99. The Morgan fingerprint density at radius 1 is 1.32 bits per heavy atom. The van der Waals surface area contributed by atoms with Crippen molar-refractivity contribution >= 4 is 0 Å². The van der Waals surface area contributed by atoms with Crippen LogP contribution < -0.4 is 10.1 Å². The lowest BCUT2D eigenvalue weighted by Gasteiger charge is -2.21. The maximum absolute atomic E-state index is 5.77. The fourth-order valence-electron chi connectivity index (χ4n) is 1.59. The minimum absolute atomic E-state index is 0.0636. The summed E-state index contributed by atoms with van der Waals surface area (Å²) >= 11 is 0. The molecule has 0 saturated carbocycles. The van der Waals surface area contributed by atoms with E-state index in [1.165, 1.54) is 0 Å². The zero-order valence-corrected chi connectivity index (χ0v) is 11.6. The van der Waals surface area contributed by atoms with Crippen molar-refractivity contribution in [1.82, 2.24) is 10.3 Å². The Bertz CT molecular complexity index is 501. The molecule has 0 saturated heterocycles. The molecule has 0 radical (unpaired) electrons. The summed E-state index contributed by atoms with van der Waals surface area (Å²) in [5.41, 5.74) is 1.11. The van der Waals surface area contributed by atoms with Crippen molar-refractivity contribution < 1.29 is 9.15 Å². The summed E-state index contributed by atoms with van der Waals surface area (Å²) in [5, 5.41) is 3.43. The van der Waals surface area contributed by atoms with Crippen molar-refractivity contribution in [2.24, 2.45) is 0 Å². The van der Waals surface area contributed by atoms with Gasteiger partial charge in [0.1, 0.15) is 18.1 Å². The lowest BCUT2D eigenvalue weighted by Crippen LogP contribution is -2.35. The van der Waals surface area contributed by atoms with Crippen molar-refractivity contribution in [3.63, 3.8) is 0 Å². The molecule has 2 heterocycles. The van der Waals surface area contributed by atoms with Gasteiger partial charge in [-0.05, 0) is 39.0 Å². The van der Waals surface area contributed by atoms with E-state index in [-0.39, 0.29) is 5.54 Å². The number of ether oxygens (including phenoxy) is 1. The molecule has 4 nitrogen and oxygen atoms in total. The molecule has 0 bridgehead atoms. The number of furan rings is 1. The maximum Gasteiger partial charge on any atom is 0.146 e. The quantitative estimate of drug-likeness (QED) is 0.897. The third kappa shape index (κ3) is 4.41. The highest BCUT2D eigenvalue weighted by Crippen LogP contribution is 2.19. The molecule has 0 aliphatic heterocycles. The highest BCUT2D eigenvalue weighted by molar-refractivity contribution is 5.30. The third-order valence-corrected chi connectivity index (χ3v) is 2.62. The SMILES string of the molecule is CC(C)(C)NCc1cnccc1OCc1ccco1. The van der Waals surface area contributed by atoms with Gasteiger partial charge >= 0.3 is 0 Å². The van der Waals surface area contributed by atoms with Crippen LogP contribution in [0, 0.1) is 0 Å². The van der Waals surface area contributed by atoms with Crippen molar-refractivity contribution in [1.29, 1.82) is 0 Å². The second kappa shape index (κ2) is 5.89. The highest BCUT2D eigenvalue weighted by atomic mass is 16.5. The van der Waals surface area contributed by atoms with Gasteiger partial charge in [0.05, 0.1) is 6.26 Å². The molecule has 4 heteroatoms. The first-order valence-corrected chi connectivity index (χ1v) is 6.38. The lowest BCUT2D eigenvalue weighted by molar-refractivity contribution is 0.266. The van der Waals surface area contributed by atoms with Gasteiger partial charge in [-0.1, -0.05) is 0 Å². The Hall–Kier alpha value is -1.81. The van der Waals surface area contributed by atoms with E-state index in [4.69, 9.17) is 9.15 Å². The average molecular weight is 260 g/mol. The molecule has 0 aliphatic carbocycles. The van der Waals surface area contributed by atoms with Gasteiger partial charge in [0, 0.05) is 30.0 Å². The van der Waals surface area contributed by atoms with Gasteiger partial charge in [-0.2, -0.15) is 0 Å². The summed E-state index contributed by atoms with van der Waals surface area (Å²) in [6.45, 7) is 7.55. The Kier molecular flexibility index (Phi) is 4.22. The molecule has 0 fully saturated rings. The topological polar surface area (TPSA) is 47.3 Å². The maximum atomic E-state index is 5.77. The zero-order valence-electron chi connectivity index (χ0n) is 11.6. The largest absolute Gasteiger partial charge is 0.485 e. The molecule has 2 rings (SSSR count). The van der Waals surface area contributed by atoms with E-state index in [0.29, 0.717) is 6.61 Å². The molecule has 0 unspecified atom stereocenters. The molecular formula is C15H20N2O2. The molecule has 2 aromatic heterocycles. The predicted octanol–water partition coefficient (Wildman–Crippen LogP) is 3.14. The number of pyridine rings is 1. The summed E-state index contributed by atoms with van der Waals surface area (Å²) in [4.78, 5) is 4.15. The van der Waals surface area contributed by atoms with Crippen LogP contribution in [0.2, 0.25) is 0 Å². The molecule has 19 heavy (non-hydrogen) atoms.